The van der Waals surface area contributed by atoms with Crippen LogP contribution in [-0.2, 0) is 4.79 Å². The maximum Gasteiger partial charge on any atom is 0.316 e. The topological polar surface area (TPSA) is 37.3 Å². The smallest absolute Gasteiger partial charge is 0.316 e. The summed E-state index contributed by atoms with van der Waals surface area (Å²) in [5.41, 5.74) is 0. The zero-order valence-corrected chi connectivity index (χ0v) is 8.96. The van der Waals surface area contributed by atoms with Crippen LogP contribution in [0.3, 0.4) is 0 Å². The third-order valence-corrected chi connectivity index (χ3v) is 3.32. The standard InChI is InChI=1S/C10H18O2S/c1-7-3-2-4-8(5-7)6-9(13)10(11)12/h7-9,13H,2-6H2,1H3,(H,11,12). The van der Waals surface area contributed by atoms with Crippen molar-refractivity contribution in [1.29, 1.82) is 0 Å². The predicted molar refractivity (Wildman–Crippen MR) is 56.1 cm³/mol. The Bertz CT molecular complexity index is 182. The number of thiol groups is 1. The molecule has 0 aromatic rings. The van der Waals surface area contributed by atoms with Crippen LogP contribution in [0.25, 0.3) is 0 Å². The molecule has 1 rings (SSSR count). The van der Waals surface area contributed by atoms with Gasteiger partial charge in [-0.25, -0.2) is 0 Å². The van der Waals surface area contributed by atoms with Crippen molar-refractivity contribution in [3.8, 4) is 0 Å². The van der Waals surface area contributed by atoms with E-state index < -0.39 is 11.2 Å². The van der Waals surface area contributed by atoms with Gasteiger partial charge in [0.05, 0.1) is 5.25 Å². The minimum atomic E-state index is -0.776. The number of carboxylic acids is 1. The van der Waals surface area contributed by atoms with Gasteiger partial charge in [0.15, 0.2) is 0 Å². The molecule has 0 amide bonds. The van der Waals surface area contributed by atoms with Crippen molar-refractivity contribution < 1.29 is 9.90 Å². The quantitative estimate of drug-likeness (QED) is 0.690. The Morgan fingerprint density at radius 3 is 2.85 bits per heavy atom. The fraction of sp³-hybridized carbons (Fsp3) is 0.900. The number of hydrogen-bond acceptors (Lipinski definition) is 2. The van der Waals surface area contributed by atoms with Gasteiger partial charge in [0, 0.05) is 0 Å². The van der Waals surface area contributed by atoms with E-state index >= 15 is 0 Å². The molecule has 3 atom stereocenters. The van der Waals surface area contributed by atoms with Crippen LogP contribution < -0.4 is 0 Å². The second kappa shape index (κ2) is 4.89. The van der Waals surface area contributed by atoms with Crippen molar-refractivity contribution in [2.45, 2.75) is 44.3 Å². The average Bonchev–Trinajstić information content (AvgIpc) is 2.04. The van der Waals surface area contributed by atoms with E-state index in [1.165, 1.54) is 25.7 Å². The molecule has 0 radical (unpaired) electrons. The highest BCUT2D eigenvalue weighted by Crippen LogP contribution is 2.32. The molecule has 0 bridgehead atoms. The molecule has 0 saturated heterocycles. The van der Waals surface area contributed by atoms with Crippen LogP contribution in [0.5, 0.6) is 0 Å². The lowest BCUT2D eigenvalue weighted by molar-refractivity contribution is -0.136. The van der Waals surface area contributed by atoms with Crippen LogP contribution in [0.15, 0.2) is 0 Å². The summed E-state index contributed by atoms with van der Waals surface area (Å²) in [5, 5.41) is 8.24. The van der Waals surface area contributed by atoms with Gasteiger partial charge in [-0.15, -0.1) is 0 Å². The Labute approximate surface area is 85.1 Å². The van der Waals surface area contributed by atoms with E-state index in [1.807, 2.05) is 0 Å². The predicted octanol–water partition coefficient (Wildman–Crippen LogP) is 2.59. The maximum absolute atomic E-state index is 10.6. The normalized spacial score (nSPS) is 31.2. The molecule has 0 spiro atoms. The van der Waals surface area contributed by atoms with Gasteiger partial charge in [0.1, 0.15) is 0 Å². The molecule has 3 unspecified atom stereocenters. The lowest BCUT2D eigenvalue weighted by atomic mass is 9.80. The Morgan fingerprint density at radius 2 is 2.31 bits per heavy atom. The summed E-state index contributed by atoms with van der Waals surface area (Å²) in [6.07, 6.45) is 5.68. The van der Waals surface area contributed by atoms with E-state index in [1.54, 1.807) is 0 Å². The van der Waals surface area contributed by atoms with Gasteiger partial charge in [-0.1, -0.05) is 26.2 Å². The summed E-state index contributed by atoms with van der Waals surface area (Å²) in [5.74, 6) is 0.581. The van der Waals surface area contributed by atoms with Crippen molar-refractivity contribution in [3.63, 3.8) is 0 Å². The highest BCUT2D eigenvalue weighted by atomic mass is 32.1. The van der Waals surface area contributed by atoms with Crippen molar-refractivity contribution in [1.82, 2.24) is 0 Å². The second-order valence-electron chi connectivity index (χ2n) is 4.23. The van der Waals surface area contributed by atoms with Crippen LogP contribution in [-0.4, -0.2) is 16.3 Å². The van der Waals surface area contributed by atoms with Crippen molar-refractivity contribution in [3.05, 3.63) is 0 Å². The van der Waals surface area contributed by atoms with Crippen LogP contribution in [0, 0.1) is 11.8 Å². The largest absolute Gasteiger partial charge is 0.480 e. The van der Waals surface area contributed by atoms with Crippen LogP contribution in [0.4, 0.5) is 0 Å². The fourth-order valence-corrected chi connectivity index (χ4v) is 2.49. The number of carbonyl (C=O) groups is 1. The first-order valence-electron chi connectivity index (χ1n) is 5.00. The molecular weight excluding hydrogens is 184 g/mol. The van der Waals surface area contributed by atoms with Crippen LogP contribution >= 0.6 is 12.6 Å². The van der Waals surface area contributed by atoms with Crippen LogP contribution in [0.1, 0.15) is 39.0 Å². The molecule has 1 aliphatic carbocycles. The molecule has 0 aromatic carbocycles. The summed E-state index contributed by atoms with van der Waals surface area (Å²) in [7, 11) is 0. The van der Waals surface area contributed by atoms with E-state index in [4.69, 9.17) is 5.11 Å². The van der Waals surface area contributed by atoms with Gasteiger partial charge >= 0.3 is 5.97 Å². The van der Waals surface area contributed by atoms with Gasteiger partial charge in [-0.05, 0) is 24.7 Å². The SMILES string of the molecule is CC1CCCC(CC(S)C(=O)O)C1. The number of rotatable bonds is 3. The molecule has 0 aromatic heterocycles. The molecule has 76 valence electrons. The molecule has 0 heterocycles. The van der Waals surface area contributed by atoms with Crippen molar-refractivity contribution >= 4 is 18.6 Å². The monoisotopic (exact) mass is 202 g/mol. The first kappa shape index (κ1) is 10.9. The highest BCUT2D eigenvalue weighted by molar-refractivity contribution is 7.81. The van der Waals surface area contributed by atoms with E-state index in [-0.39, 0.29) is 0 Å². The number of carboxylic acid groups (broad SMARTS) is 1. The van der Waals surface area contributed by atoms with Gasteiger partial charge in [-0.2, -0.15) is 12.6 Å². The molecule has 1 aliphatic rings. The lowest BCUT2D eigenvalue weighted by Crippen LogP contribution is -2.21. The Morgan fingerprint density at radius 1 is 1.62 bits per heavy atom. The molecule has 2 nitrogen and oxygen atoms in total. The molecule has 1 fully saturated rings. The van der Waals surface area contributed by atoms with E-state index in [9.17, 15) is 4.79 Å². The van der Waals surface area contributed by atoms with Crippen molar-refractivity contribution in [2.24, 2.45) is 11.8 Å². The Kier molecular flexibility index (Phi) is 4.10. The zero-order chi connectivity index (χ0) is 9.84. The molecule has 0 aliphatic heterocycles. The highest BCUT2D eigenvalue weighted by Gasteiger charge is 2.23. The van der Waals surface area contributed by atoms with Gasteiger partial charge in [-0.3, -0.25) is 4.79 Å². The molecule has 13 heavy (non-hydrogen) atoms. The third-order valence-electron chi connectivity index (χ3n) is 2.89. The number of hydrogen-bond donors (Lipinski definition) is 2. The van der Waals surface area contributed by atoms with Crippen LogP contribution in [0.2, 0.25) is 0 Å². The summed E-state index contributed by atoms with van der Waals surface area (Å²) >= 11 is 4.07. The third kappa shape index (κ3) is 3.59. The molecule has 3 heteroatoms. The fourth-order valence-electron chi connectivity index (χ4n) is 2.19. The lowest BCUT2D eigenvalue weighted by Gasteiger charge is -2.27. The first-order valence-corrected chi connectivity index (χ1v) is 5.52. The Balaban J connectivity index is 2.31. The van der Waals surface area contributed by atoms with E-state index in [2.05, 4.69) is 19.6 Å². The van der Waals surface area contributed by atoms with Gasteiger partial charge in [0.2, 0.25) is 0 Å². The maximum atomic E-state index is 10.6. The van der Waals surface area contributed by atoms with Gasteiger partial charge < -0.3 is 5.11 Å². The van der Waals surface area contributed by atoms with E-state index in [0.29, 0.717) is 5.92 Å². The Hall–Kier alpha value is -0.180. The average molecular weight is 202 g/mol. The zero-order valence-electron chi connectivity index (χ0n) is 8.07. The summed E-state index contributed by atoms with van der Waals surface area (Å²) in [6, 6.07) is 0. The van der Waals surface area contributed by atoms with E-state index in [0.717, 1.165) is 12.3 Å². The first-order chi connectivity index (χ1) is 6.09. The minimum absolute atomic E-state index is 0.463. The molecule has 1 saturated carbocycles. The number of aliphatic carboxylic acids is 1. The molecular formula is C10H18O2S. The summed E-state index contributed by atoms with van der Waals surface area (Å²) in [6.45, 7) is 2.25. The second-order valence-corrected chi connectivity index (χ2v) is 4.85. The van der Waals surface area contributed by atoms with Gasteiger partial charge in [0.25, 0.3) is 0 Å². The molecule has 1 N–H and O–H groups in total. The summed E-state index contributed by atoms with van der Waals surface area (Å²) < 4.78 is 0. The summed E-state index contributed by atoms with van der Waals surface area (Å²) in [4.78, 5) is 10.6. The minimum Gasteiger partial charge on any atom is -0.480 e. The van der Waals surface area contributed by atoms with Crippen molar-refractivity contribution in [2.75, 3.05) is 0 Å².